The van der Waals surface area contributed by atoms with Gasteiger partial charge in [0.1, 0.15) is 16.4 Å². The maximum Gasteiger partial charge on any atom is 0.305 e. The summed E-state index contributed by atoms with van der Waals surface area (Å²) >= 11 is 1.59. The van der Waals surface area contributed by atoms with E-state index in [1.54, 1.807) is 23.0 Å². The van der Waals surface area contributed by atoms with Crippen LogP contribution < -0.4 is 10.3 Å². The molecule has 0 bridgehead atoms. The van der Waals surface area contributed by atoms with E-state index in [0.29, 0.717) is 18.4 Å². The average molecular weight is 429 g/mol. The van der Waals surface area contributed by atoms with E-state index in [9.17, 15) is 9.59 Å². The fourth-order valence-corrected chi connectivity index (χ4v) is 4.78. The number of aromatic nitrogens is 2. The zero-order valence-electron chi connectivity index (χ0n) is 18.0. The molecule has 0 spiro atoms. The molecule has 0 atom stereocenters. The Hall–Kier alpha value is -2.67. The monoisotopic (exact) mass is 428 g/mol. The van der Waals surface area contributed by atoms with E-state index in [-0.39, 0.29) is 17.9 Å². The molecule has 1 aromatic carbocycles. The van der Waals surface area contributed by atoms with Crippen molar-refractivity contribution in [2.75, 3.05) is 14.2 Å². The van der Waals surface area contributed by atoms with Crippen molar-refractivity contribution in [2.24, 2.45) is 0 Å². The molecule has 0 unspecified atom stereocenters. The average Bonchev–Trinajstić information content (AvgIpc) is 3.14. The van der Waals surface area contributed by atoms with Gasteiger partial charge in [0.2, 0.25) is 0 Å². The van der Waals surface area contributed by atoms with Crippen LogP contribution in [0.1, 0.15) is 43.8 Å². The first-order valence-electron chi connectivity index (χ1n) is 10.3. The molecule has 3 rings (SSSR count). The summed E-state index contributed by atoms with van der Waals surface area (Å²) in [5.41, 5.74) is 1.86. The lowest BCUT2D eigenvalue weighted by Crippen LogP contribution is -2.25. The van der Waals surface area contributed by atoms with Crippen molar-refractivity contribution in [1.82, 2.24) is 9.55 Å². The van der Waals surface area contributed by atoms with Crippen LogP contribution >= 0.6 is 11.3 Å². The smallest absolute Gasteiger partial charge is 0.305 e. The third-order valence-electron chi connectivity index (χ3n) is 5.11. The Bertz CT molecular complexity index is 1100. The second-order valence-corrected chi connectivity index (χ2v) is 8.16. The zero-order chi connectivity index (χ0) is 21.7. The van der Waals surface area contributed by atoms with Gasteiger partial charge in [0.15, 0.2) is 0 Å². The molecule has 30 heavy (non-hydrogen) atoms. The fourth-order valence-electron chi connectivity index (χ4n) is 3.63. The van der Waals surface area contributed by atoms with Gasteiger partial charge in [-0.1, -0.05) is 26.0 Å². The van der Waals surface area contributed by atoms with Crippen LogP contribution in [-0.2, 0) is 28.9 Å². The summed E-state index contributed by atoms with van der Waals surface area (Å²) in [7, 11) is 3.01. The van der Waals surface area contributed by atoms with Crippen LogP contribution in [0.2, 0.25) is 0 Å². The van der Waals surface area contributed by atoms with E-state index in [2.05, 4.69) is 13.8 Å². The Morgan fingerprint density at radius 3 is 2.70 bits per heavy atom. The number of benzene rings is 1. The molecule has 2 aromatic heterocycles. The molecule has 2 heterocycles. The number of carbonyl (C=O) groups excluding carboxylic acids is 1. The molecule has 0 radical (unpaired) electrons. The van der Waals surface area contributed by atoms with Crippen molar-refractivity contribution < 1.29 is 14.3 Å². The summed E-state index contributed by atoms with van der Waals surface area (Å²) in [6.07, 6.45) is 3.24. The number of thiophene rings is 1. The molecule has 0 fully saturated rings. The van der Waals surface area contributed by atoms with E-state index >= 15 is 0 Å². The van der Waals surface area contributed by atoms with E-state index in [4.69, 9.17) is 14.5 Å². The molecule has 0 aliphatic rings. The Balaban J connectivity index is 2.18. The van der Waals surface area contributed by atoms with Gasteiger partial charge in [0.25, 0.3) is 5.56 Å². The van der Waals surface area contributed by atoms with Crippen LogP contribution in [0.3, 0.4) is 0 Å². The van der Waals surface area contributed by atoms with Crippen LogP contribution in [0.15, 0.2) is 29.1 Å². The molecular formula is C23H28N2O4S. The second kappa shape index (κ2) is 9.89. The highest BCUT2D eigenvalue weighted by Crippen LogP contribution is 2.38. The van der Waals surface area contributed by atoms with Gasteiger partial charge in [0, 0.05) is 29.8 Å². The highest BCUT2D eigenvalue weighted by molar-refractivity contribution is 7.19. The standard InChI is InChI=1S/C23H28N2O4S/c1-5-9-18-24-22-21(23(27)25(18)13-8-12-19(26)29-4)20(17(6-2)30-22)15-10-7-11-16(14-15)28-3/h7,10-11,14H,5-6,8-9,12-13H2,1-4H3. The molecule has 0 amide bonds. The lowest BCUT2D eigenvalue weighted by Gasteiger charge is -2.12. The molecule has 0 saturated carbocycles. The van der Waals surface area contributed by atoms with Crippen LogP contribution in [0.25, 0.3) is 21.3 Å². The number of hydrogen-bond donors (Lipinski definition) is 0. The topological polar surface area (TPSA) is 70.4 Å². The van der Waals surface area contributed by atoms with Crippen LogP contribution in [0.5, 0.6) is 5.75 Å². The summed E-state index contributed by atoms with van der Waals surface area (Å²) in [4.78, 5) is 31.9. The van der Waals surface area contributed by atoms with Gasteiger partial charge < -0.3 is 9.47 Å². The summed E-state index contributed by atoms with van der Waals surface area (Å²) in [5.74, 6) is 1.26. The summed E-state index contributed by atoms with van der Waals surface area (Å²) in [5, 5.41) is 0.656. The van der Waals surface area contributed by atoms with E-state index < -0.39 is 0 Å². The first-order chi connectivity index (χ1) is 14.5. The maximum atomic E-state index is 13.6. The molecule has 0 aliphatic carbocycles. The van der Waals surface area contributed by atoms with Crippen molar-refractivity contribution in [1.29, 1.82) is 0 Å². The van der Waals surface area contributed by atoms with Gasteiger partial charge >= 0.3 is 5.97 Å². The maximum absolute atomic E-state index is 13.6. The van der Waals surface area contributed by atoms with Crippen LogP contribution in [0, 0.1) is 0 Å². The number of esters is 1. The van der Waals surface area contributed by atoms with Gasteiger partial charge in [0.05, 0.1) is 19.6 Å². The molecular weight excluding hydrogens is 400 g/mol. The minimum absolute atomic E-state index is 0.0397. The predicted octanol–water partition coefficient (Wildman–Crippen LogP) is 4.60. The Kier molecular flexibility index (Phi) is 7.26. The largest absolute Gasteiger partial charge is 0.497 e. The molecule has 7 heteroatoms. The Morgan fingerprint density at radius 1 is 1.23 bits per heavy atom. The van der Waals surface area contributed by atoms with Crippen molar-refractivity contribution in [3.8, 4) is 16.9 Å². The van der Waals surface area contributed by atoms with Gasteiger partial charge in [-0.3, -0.25) is 14.2 Å². The molecule has 3 aromatic rings. The van der Waals surface area contributed by atoms with E-state index in [1.165, 1.54) is 7.11 Å². The van der Waals surface area contributed by atoms with Gasteiger partial charge in [-0.05, 0) is 37.0 Å². The SMILES string of the molecule is CCCc1nc2sc(CC)c(-c3cccc(OC)c3)c2c(=O)n1CCCC(=O)OC. The number of nitrogens with zero attached hydrogens (tertiary/aromatic N) is 2. The highest BCUT2D eigenvalue weighted by Gasteiger charge is 2.21. The fraction of sp³-hybridized carbons (Fsp3) is 0.435. The summed E-state index contributed by atoms with van der Waals surface area (Å²) in [6, 6.07) is 7.79. The number of carbonyl (C=O) groups is 1. The van der Waals surface area contributed by atoms with E-state index in [0.717, 1.165) is 51.7 Å². The number of ether oxygens (including phenoxy) is 2. The lowest BCUT2D eigenvalue weighted by atomic mass is 10.0. The number of fused-ring (bicyclic) bond motifs is 1. The van der Waals surface area contributed by atoms with Crippen molar-refractivity contribution in [2.45, 2.75) is 52.5 Å². The molecule has 160 valence electrons. The molecule has 0 aliphatic heterocycles. The number of methoxy groups -OCH3 is 2. The van der Waals surface area contributed by atoms with Gasteiger partial charge in [-0.2, -0.15) is 0 Å². The minimum atomic E-state index is -0.269. The van der Waals surface area contributed by atoms with Crippen LogP contribution in [0.4, 0.5) is 0 Å². The predicted molar refractivity (Wildman–Crippen MR) is 120 cm³/mol. The number of rotatable bonds is 9. The van der Waals surface area contributed by atoms with Crippen molar-refractivity contribution >= 4 is 27.5 Å². The molecule has 0 N–H and O–H groups in total. The Labute approximate surface area is 180 Å². The number of hydrogen-bond acceptors (Lipinski definition) is 6. The van der Waals surface area contributed by atoms with Crippen LogP contribution in [-0.4, -0.2) is 29.7 Å². The molecule has 0 saturated heterocycles. The lowest BCUT2D eigenvalue weighted by molar-refractivity contribution is -0.140. The summed E-state index contributed by atoms with van der Waals surface area (Å²) < 4.78 is 11.9. The van der Waals surface area contributed by atoms with Gasteiger partial charge in [-0.25, -0.2) is 4.98 Å². The van der Waals surface area contributed by atoms with Crippen molar-refractivity contribution in [3.63, 3.8) is 0 Å². The third kappa shape index (κ3) is 4.41. The normalized spacial score (nSPS) is 11.1. The van der Waals surface area contributed by atoms with Gasteiger partial charge in [-0.15, -0.1) is 11.3 Å². The zero-order valence-corrected chi connectivity index (χ0v) is 18.8. The third-order valence-corrected chi connectivity index (χ3v) is 6.34. The summed E-state index contributed by atoms with van der Waals surface area (Å²) in [6.45, 7) is 4.61. The highest BCUT2D eigenvalue weighted by atomic mass is 32.1. The molecule has 6 nitrogen and oxygen atoms in total. The van der Waals surface area contributed by atoms with Crippen molar-refractivity contribution in [3.05, 3.63) is 45.3 Å². The number of aryl methyl sites for hydroxylation is 2. The first-order valence-corrected chi connectivity index (χ1v) is 11.1. The quantitative estimate of drug-likeness (QED) is 0.466. The first kappa shape index (κ1) is 22.0. The second-order valence-electron chi connectivity index (χ2n) is 7.08. The Morgan fingerprint density at radius 2 is 2.03 bits per heavy atom. The van der Waals surface area contributed by atoms with E-state index in [1.807, 2.05) is 24.3 Å². The minimum Gasteiger partial charge on any atom is -0.497 e.